The fourth-order valence-corrected chi connectivity index (χ4v) is 8.74. The Morgan fingerprint density at radius 1 is 1.04 bits per heavy atom. The Kier molecular flexibility index (Phi) is 10.00. The lowest BCUT2D eigenvalue weighted by atomic mass is 9.51. The zero-order valence-corrected chi connectivity index (χ0v) is 32.0. The monoisotopic (exact) mass is 715 g/mol. The van der Waals surface area contributed by atoms with Gasteiger partial charge >= 0.3 is 5.97 Å². The van der Waals surface area contributed by atoms with Crippen LogP contribution in [-0.2, 0) is 25.5 Å². The maximum atomic E-state index is 15.3. The van der Waals surface area contributed by atoms with Crippen LogP contribution in [0, 0.1) is 11.8 Å². The first kappa shape index (κ1) is 37.8. The number of methoxy groups -OCH3 is 1. The molecule has 0 amide bonds. The fourth-order valence-electron chi connectivity index (χ4n) is 8.74. The van der Waals surface area contributed by atoms with E-state index in [0.717, 1.165) is 12.0 Å². The molecule has 52 heavy (non-hydrogen) atoms. The second-order valence-corrected chi connectivity index (χ2v) is 15.9. The van der Waals surface area contributed by atoms with Gasteiger partial charge in [-0.05, 0) is 93.2 Å². The van der Waals surface area contributed by atoms with Gasteiger partial charge in [0.05, 0.1) is 24.9 Å². The SMILES string of the molecule is COC(=O)/C(C)=C\CC12OC(C)(C)C3CC(C=C4C(=O)c5c(OCNCCO)c6c(c(CC=C(C)C)c5OC431)OC(C)(CCC=C(C)C)C=C6)C2=O. The number of hydrogen-bond acceptors (Lipinski definition) is 10. The third kappa shape index (κ3) is 5.96. The summed E-state index contributed by atoms with van der Waals surface area (Å²) in [4.78, 5) is 42.4. The van der Waals surface area contributed by atoms with Crippen molar-refractivity contribution in [2.75, 3.05) is 27.0 Å². The first-order valence-electron chi connectivity index (χ1n) is 18.3. The number of aliphatic hydroxyl groups excluding tert-OH is 1. The highest BCUT2D eigenvalue weighted by molar-refractivity contribution is 6.19. The number of carbonyl (C=O) groups excluding carboxylic acids is 3. The molecular weight excluding hydrogens is 662 g/mol. The molecule has 1 aromatic carbocycles. The summed E-state index contributed by atoms with van der Waals surface area (Å²) < 4.78 is 32.6. The predicted molar refractivity (Wildman–Crippen MR) is 198 cm³/mol. The number of Topliss-reactive ketones (excluding diaryl/α,β-unsaturated/α-hetero) is 2. The Balaban J connectivity index is 1.61. The van der Waals surface area contributed by atoms with E-state index in [1.165, 1.54) is 12.7 Å². The number of aliphatic hydroxyl groups is 1. The number of nitrogens with one attached hydrogen (secondary N) is 1. The Bertz CT molecular complexity index is 1840. The molecule has 2 fully saturated rings. The summed E-state index contributed by atoms with van der Waals surface area (Å²) in [6.45, 7) is 16.0. The number of fused-ring (bicyclic) bond motifs is 2. The molecule has 0 radical (unpaired) electrons. The second kappa shape index (κ2) is 13.8. The lowest BCUT2D eigenvalue weighted by Gasteiger charge is -2.56. The molecule has 2 N–H and O–H groups in total. The van der Waals surface area contributed by atoms with Crippen molar-refractivity contribution in [3.05, 3.63) is 69.4 Å². The summed E-state index contributed by atoms with van der Waals surface area (Å²) in [5, 5.41) is 12.5. The highest BCUT2D eigenvalue weighted by atomic mass is 16.6. The molecule has 10 heteroatoms. The standard InChI is InChI=1S/C42H53NO9/c1-24(2)11-10-16-40(8)17-15-29-34(50-40)28(13-12-25(3)4)36-32(35(29)49-23-43-19-20-44)33(45)30-21-27-22-31-39(6,7)52-41(37(27)46,42(30,31)51-36)18-14-26(5)38(47)48-9/h11-12,14-15,17,21,27,31,43-44H,10,13,16,18-20,22-23H2,1-9H3/b26-14-. The molecule has 280 valence electrons. The number of hydrogen-bond donors (Lipinski definition) is 2. The van der Waals surface area contributed by atoms with E-state index in [4.69, 9.17) is 23.7 Å². The van der Waals surface area contributed by atoms with Gasteiger partial charge < -0.3 is 28.8 Å². The maximum absolute atomic E-state index is 15.3. The van der Waals surface area contributed by atoms with Crippen LogP contribution in [0.1, 0.15) is 103 Å². The molecule has 5 atom stereocenters. The molecular formula is C42H53NO9. The van der Waals surface area contributed by atoms with E-state index in [0.29, 0.717) is 65.3 Å². The van der Waals surface area contributed by atoms with E-state index >= 15 is 4.79 Å². The average molecular weight is 716 g/mol. The van der Waals surface area contributed by atoms with Gasteiger partial charge in [0, 0.05) is 41.5 Å². The highest BCUT2D eigenvalue weighted by Gasteiger charge is 2.81. The van der Waals surface area contributed by atoms with Gasteiger partial charge in [0.1, 0.15) is 35.1 Å². The summed E-state index contributed by atoms with van der Waals surface area (Å²) in [7, 11) is 1.31. The van der Waals surface area contributed by atoms with Gasteiger partial charge in [0.2, 0.25) is 0 Å². The molecule has 5 unspecified atom stereocenters. The smallest absolute Gasteiger partial charge is 0.333 e. The molecule has 0 aromatic heterocycles. The van der Waals surface area contributed by atoms with Crippen molar-refractivity contribution in [2.24, 2.45) is 11.8 Å². The van der Waals surface area contributed by atoms with Crippen LogP contribution in [0.2, 0.25) is 0 Å². The third-order valence-corrected chi connectivity index (χ3v) is 11.2. The number of ether oxygens (including phenoxy) is 5. The van der Waals surface area contributed by atoms with E-state index < -0.39 is 34.3 Å². The van der Waals surface area contributed by atoms with Crippen LogP contribution < -0.4 is 19.5 Å². The van der Waals surface area contributed by atoms with Crippen LogP contribution in [0.4, 0.5) is 0 Å². The lowest BCUT2D eigenvalue weighted by Crippen LogP contribution is -2.72. The maximum Gasteiger partial charge on any atom is 0.333 e. The number of carbonyl (C=O) groups is 3. The Labute approximate surface area is 306 Å². The minimum Gasteiger partial charge on any atom is -0.482 e. The van der Waals surface area contributed by atoms with Crippen molar-refractivity contribution in [2.45, 2.75) is 110 Å². The second-order valence-electron chi connectivity index (χ2n) is 15.9. The largest absolute Gasteiger partial charge is 0.482 e. The zero-order valence-electron chi connectivity index (χ0n) is 32.0. The van der Waals surface area contributed by atoms with Gasteiger partial charge in [0.15, 0.2) is 22.8 Å². The molecule has 1 spiro atoms. The van der Waals surface area contributed by atoms with Gasteiger partial charge in [-0.1, -0.05) is 35.5 Å². The number of allylic oxidation sites excluding steroid dienone is 5. The minimum absolute atomic E-state index is 0.0213. The van der Waals surface area contributed by atoms with Crippen molar-refractivity contribution in [3.8, 4) is 17.2 Å². The van der Waals surface area contributed by atoms with Crippen molar-refractivity contribution >= 4 is 23.6 Å². The molecule has 1 aromatic rings. The topological polar surface area (TPSA) is 130 Å². The first-order chi connectivity index (χ1) is 24.6. The molecule has 1 saturated heterocycles. The van der Waals surface area contributed by atoms with Gasteiger partial charge in [-0.2, -0.15) is 0 Å². The average Bonchev–Trinajstić information content (AvgIpc) is 3.24. The summed E-state index contributed by atoms with van der Waals surface area (Å²) in [5.74, 6) is -0.689. The van der Waals surface area contributed by atoms with Crippen LogP contribution in [0.3, 0.4) is 0 Å². The number of esters is 1. The minimum atomic E-state index is -1.58. The molecule has 3 aliphatic carbocycles. The zero-order chi connectivity index (χ0) is 37.8. The lowest BCUT2D eigenvalue weighted by molar-refractivity contribution is -0.171. The van der Waals surface area contributed by atoms with E-state index in [2.05, 4.69) is 31.3 Å². The fraction of sp³-hybridized carbons (Fsp3) is 0.548. The highest BCUT2D eigenvalue weighted by Crippen LogP contribution is 2.68. The predicted octanol–water partition coefficient (Wildman–Crippen LogP) is 6.54. The summed E-state index contributed by atoms with van der Waals surface area (Å²) in [6, 6.07) is 0. The Morgan fingerprint density at radius 2 is 1.77 bits per heavy atom. The van der Waals surface area contributed by atoms with Gasteiger partial charge in [-0.25, -0.2) is 4.79 Å². The van der Waals surface area contributed by atoms with E-state index in [9.17, 15) is 14.7 Å². The molecule has 1 saturated carbocycles. The summed E-state index contributed by atoms with van der Waals surface area (Å²) in [6.07, 6.45) is 14.1. The van der Waals surface area contributed by atoms with Crippen molar-refractivity contribution in [1.29, 1.82) is 0 Å². The quantitative estimate of drug-likeness (QED) is 0.0764. The van der Waals surface area contributed by atoms with Gasteiger partial charge in [-0.15, -0.1) is 0 Å². The van der Waals surface area contributed by atoms with Crippen LogP contribution in [0.5, 0.6) is 17.2 Å². The van der Waals surface area contributed by atoms with Crippen molar-refractivity contribution in [3.63, 3.8) is 0 Å². The molecule has 3 aliphatic heterocycles. The van der Waals surface area contributed by atoms with Crippen LogP contribution in [0.15, 0.2) is 52.7 Å². The molecule has 6 aliphatic rings. The van der Waals surface area contributed by atoms with Gasteiger partial charge in [0.25, 0.3) is 0 Å². The van der Waals surface area contributed by atoms with E-state index in [1.54, 1.807) is 19.1 Å². The Hall–Kier alpha value is -3.99. The van der Waals surface area contributed by atoms with Crippen LogP contribution in [0.25, 0.3) is 6.08 Å². The van der Waals surface area contributed by atoms with Gasteiger partial charge in [-0.3, -0.25) is 14.9 Å². The number of benzene rings is 1. The van der Waals surface area contributed by atoms with E-state index in [-0.39, 0.29) is 42.8 Å². The number of rotatable bonds is 13. The summed E-state index contributed by atoms with van der Waals surface area (Å²) in [5.41, 5.74) is 0.0442. The molecule has 4 bridgehead atoms. The Morgan fingerprint density at radius 3 is 2.44 bits per heavy atom. The normalized spacial score (nSPS) is 28.9. The summed E-state index contributed by atoms with van der Waals surface area (Å²) >= 11 is 0. The van der Waals surface area contributed by atoms with Crippen LogP contribution >= 0.6 is 0 Å². The van der Waals surface area contributed by atoms with Crippen molar-refractivity contribution < 1.29 is 43.2 Å². The molecule has 7 rings (SSSR count). The first-order valence-corrected chi connectivity index (χ1v) is 18.3. The van der Waals surface area contributed by atoms with E-state index in [1.807, 2.05) is 46.8 Å². The molecule has 3 heterocycles. The van der Waals surface area contributed by atoms with Crippen LogP contribution in [-0.4, -0.2) is 72.0 Å². The van der Waals surface area contributed by atoms with Crippen molar-refractivity contribution in [1.82, 2.24) is 5.32 Å². The molecule has 10 nitrogen and oxygen atoms in total. The number of ketones is 2. The third-order valence-electron chi connectivity index (χ3n) is 11.2.